The number of rotatable bonds is 8. The largest absolute Gasteiger partial charge is 0.326 e. The van der Waals surface area contributed by atoms with Crippen LogP contribution < -0.4 is 17.2 Å². The van der Waals surface area contributed by atoms with E-state index >= 15 is 0 Å². The Labute approximate surface area is 224 Å². The maximum absolute atomic E-state index is 6.15. The Morgan fingerprint density at radius 3 is 1.38 bits per heavy atom. The first-order valence-electron chi connectivity index (χ1n) is 13.2. The highest BCUT2D eigenvalue weighted by molar-refractivity contribution is 6.86. The van der Waals surface area contributed by atoms with Gasteiger partial charge in [0.2, 0.25) is 0 Å². The van der Waals surface area contributed by atoms with Gasteiger partial charge in [0.25, 0.3) is 0 Å². The second-order valence-electron chi connectivity index (χ2n) is 11.7. The summed E-state index contributed by atoms with van der Waals surface area (Å²) in [6.45, 7) is 13.6. The lowest BCUT2D eigenvalue weighted by Crippen LogP contribution is -2.42. The summed E-state index contributed by atoms with van der Waals surface area (Å²) in [6, 6.07) is 26.2. The molecule has 0 bridgehead atoms. The molecule has 0 aliphatic heterocycles. The Kier molecular flexibility index (Phi) is 7.77. The van der Waals surface area contributed by atoms with Crippen molar-refractivity contribution < 1.29 is 0 Å². The molecule has 3 aromatic rings. The Balaban J connectivity index is 2.10. The molecule has 0 saturated heterocycles. The van der Waals surface area contributed by atoms with Crippen LogP contribution in [0.15, 0.2) is 96.6 Å². The van der Waals surface area contributed by atoms with Crippen LogP contribution in [-0.2, 0) is 25.0 Å². The first-order chi connectivity index (χ1) is 17.6. The molecular formula is C33H42N3Si. The van der Waals surface area contributed by atoms with Crippen LogP contribution in [0.25, 0.3) is 0 Å². The van der Waals surface area contributed by atoms with Gasteiger partial charge in [0, 0.05) is 25.2 Å². The number of benzene rings is 3. The summed E-state index contributed by atoms with van der Waals surface area (Å²) in [6.07, 6.45) is 7.18. The van der Waals surface area contributed by atoms with E-state index in [0.717, 1.165) is 16.7 Å². The van der Waals surface area contributed by atoms with Gasteiger partial charge in [0.1, 0.15) is 0 Å². The first kappa shape index (κ1) is 27.3. The van der Waals surface area contributed by atoms with Gasteiger partial charge in [-0.25, -0.2) is 0 Å². The van der Waals surface area contributed by atoms with Crippen molar-refractivity contribution in [2.45, 2.75) is 64.0 Å². The average Bonchev–Trinajstić information content (AvgIpc) is 3.40. The summed E-state index contributed by atoms with van der Waals surface area (Å²) in [5.41, 5.74) is 27.6. The predicted octanol–water partition coefficient (Wildman–Crippen LogP) is 6.52. The highest BCUT2D eigenvalue weighted by atomic mass is 28.3. The van der Waals surface area contributed by atoms with Crippen molar-refractivity contribution in [3.8, 4) is 0 Å². The molecule has 1 aliphatic carbocycles. The summed E-state index contributed by atoms with van der Waals surface area (Å²) >= 11 is 0. The zero-order chi connectivity index (χ0) is 26.8. The zero-order valence-electron chi connectivity index (χ0n) is 23.0. The summed E-state index contributed by atoms with van der Waals surface area (Å²) < 4.78 is 0. The van der Waals surface area contributed by atoms with Crippen LogP contribution >= 0.6 is 0 Å². The van der Waals surface area contributed by atoms with Crippen LogP contribution in [0.4, 0.5) is 0 Å². The standard InChI is InChI=1S/C33H42N3Si/c1-32(2,3)37(4,5)31-16-15-30(20-31)33(27-12-6-9-24(17-27)21-34,28-13-7-10-25(18-28)22-35)29-14-8-11-26(19-29)23-36/h6-20H,21-23,34-36H2,1-5H3. The van der Waals surface area contributed by atoms with E-state index in [4.69, 9.17) is 17.2 Å². The van der Waals surface area contributed by atoms with Gasteiger partial charge in [-0.15, -0.1) is 0 Å². The molecule has 6 N–H and O–H groups in total. The molecule has 193 valence electrons. The molecule has 3 nitrogen and oxygen atoms in total. The van der Waals surface area contributed by atoms with Crippen molar-refractivity contribution in [1.82, 2.24) is 0 Å². The topological polar surface area (TPSA) is 78.1 Å². The molecule has 37 heavy (non-hydrogen) atoms. The maximum atomic E-state index is 6.15. The van der Waals surface area contributed by atoms with E-state index in [1.807, 2.05) is 0 Å². The Morgan fingerprint density at radius 1 is 0.622 bits per heavy atom. The van der Waals surface area contributed by atoms with Gasteiger partial charge in [0.05, 0.1) is 13.5 Å². The molecule has 3 aromatic carbocycles. The van der Waals surface area contributed by atoms with E-state index in [1.54, 1.807) is 0 Å². The van der Waals surface area contributed by atoms with Crippen LogP contribution in [-0.4, -0.2) is 8.07 Å². The zero-order valence-corrected chi connectivity index (χ0v) is 24.0. The van der Waals surface area contributed by atoms with Gasteiger partial charge in [-0.1, -0.05) is 125 Å². The van der Waals surface area contributed by atoms with Crippen LogP contribution in [0.3, 0.4) is 0 Å². The number of nitrogens with two attached hydrogens (primary N) is 3. The number of hydrogen-bond acceptors (Lipinski definition) is 3. The normalized spacial score (nSPS) is 14.8. The third-order valence-corrected chi connectivity index (χ3v) is 14.1. The van der Waals surface area contributed by atoms with E-state index < -0.39 is 13.5 Å². The fourth-order valence-electron chi connectivity index (χ4n) is 5.29. The van der Waals surface area contributed by atoms with Crippen molar-refractivity contribution >= 4 is 8.07 Å². The Morgan fingerprint density at radius 2 is 1.03 bits per heavy atom. The van der Waals surface area contributed by atoms with E-state index in [-0.39, 0.29) is 5.04 Å². The molecule has 0 fully saturated rings. The fourth-order valence-corrected chi connectivity index (χ4v) is 7.18. The number of allylic oxidation sites excluding steroid dienone is 4. The Hall–Kier alpha value is -2.76. The van der Waals surface area contributed by atoms with Gasteiger partial charge in [0.15, 0.2) is 0 Å². The van der Waals surface area contributed by atoms with Crippen molar-refractivity contribution in [3.63, 3.8) is 0 Å². The van der Waals surface area contributed by atoms with Crippen LogP contribution in [0.2, 0.25) is 18.1 Å². The van der Waals surface area contributed by atoms with Crippen molar-refractivity contribution in [3.05, 3.63) is 136 Å². The highest BCUT2D eigenvalue weighted by Gasteiger charge is 2.46. The lowest BCUT2D eigenvalue weighted by molar-refractivity contribution is 0.720. The summed E-state index contributed by atoms with van der Waals surface area (Å²) in [4.78, 5) is 0. The predicted molar refractivity (Wildman–Crippen MR) is 161 cm³/mol. The molecule has 0 heterocycles. The molecule has 1 radical (unpaired) electrons. The molecule has 4 rings (SSSR count). The summed E-state index contributed by atoms with van der Waals surface area (Å²) in [7, 11) is -1.76. The molecule has 0 amide bonds. The van der Waals surface area contributed by atoms with E-state index in [9.17, 15) is 0 Å². The van der Waals surface area contributed by atoms with Crippen molar-refractivity contribution in [1.29, 1.82) is 0 Å². The van der Waals surface area contributed by atoms with Gasteiger partial charge in [-0.05, 0) is 44.0 Å². The molecule has 0 atom stereocenters. The van der Waals surface area contributed by atoms with E-state index in [1.165, 1.54) is 27.8 Å². The lowest BCUT2D eigenvalue weighted by Gasteiger charge is -2.41. The minimum absolute atomic E-state index is 0.236. The summed E-state index contributed by atoms with van der Waals surface area (Å²) in [5, 5.41) is 0.236. The van der Waals surface area contributed by atoms with Crippen molar-refractivity contribution in [2.24, 2.45) is 17.2 Å². The fraction of sp³-hybridized carbons (Fsp3) is 0.303. The lowest BCUT2D eigenvalue weighted by atomic mass is 9.64. The highest BCUT2D eigenvalue weighted by Crippen LogP contribution is 2.51. The first-order valence-corrected chi connectivity index (χ1v) is 16.2. The quantitative estimate of drug-likeness (QED) is 0.239. The van der Waals surface area contributed by atoms with Gasteiger partial charge in [-0.3, -0.25) is 0 Å². The minimum atomic E-state index is -1.76. The molecule has 4 heteroatoms. The molecule has 0 unspecified atom stereocenters. The molecule has 1 aliphatic rings. The molecule has 0 saturated carbocycles. The second-order valence-corrected chi connectivity index (χ2v) is 17.1. The SMILES string of the molecule is CC(C)(C)[Si](C)(C)[C]1C=CC(C(c2cccc(CN)c2)(c2cccc(CN)c2)c2cccc(CN)c2)=C1. The smallest absolute Gasteiger partial charge is 0.0698 e. The van der Waals surface area contributed by atoms with Crippen LogP contribution in [0.1, 0.15) is 54.2 Å². The van der Waals surface area contributed by atoms with Crippen molar-refractivity contribution in [2.75, 3.05) is 0 Å². The number of hydrogen-bond donors (Lipinski definition) is 3. The van der Waals surface area contributed by atoms with Gasteiger partial charge >= 0.3 is 0 Å². The second kappa shape index (κ2) is 10.5. The molecule has 0 aromatic heterocycles. The van der Waals surface area contributed by atoms with Crippen LogP contribution in [0, 0.1) is 5.54 Å². The Bertz CT molecular complexity index is 1200. The van der Waals surface area contributed by atoms with E-state index in [0.29, 0.717) is 19.6 Å². The third-order valence-electron chi connectivity index (χ3n) is 8.57. The average molecular weight is 509 g/mol. The third kappa shape index (κ3) is 4.91. The monoisotopic (exact) mass is 508 g/mol. The minimum Gasteiger partial charge on any atom is -0.326 e. The summed E-state index contributed by atoms with van der Waals surface area (Å²) in [5.74, 6) is 0. The maximum Gasteiger partial charge on any atom is 0.0698 e. The van der Waals surface area contributed by atoms with E-state index in [2.05, 4.69) is 125 Å². The molecule has 0 spiro atoms. The van der Waals surface area contributed by atoms with Gasteiger partial charge in [-0.2, -0.15) is 0 Å². The molecular weight excluding hydrogens is 466 g/mol. The van der Waals surface area contributed by atoms with Gasteiger partial charge < -0.3 is 17.2 Å². The van der Waals surface area contributed by atoms with Crippen LogP contribution in [0.5, 0.6) is 0 Å².